The highest BCUT2D eigenvalue weighted by molar-refractivity contribution is 5.54. The molecule has 1 atom stereocenters. The average molecular weight is 291 g/mol. The van der Waals surface area contributed by atoms with Crippen molar-refractivity contribution >= 4 is 5.69 Å². The number of piperidine rings is 1. The van der Waals surface area contributed by atoms with Crippen LogP contribution in [0, 0.1) is 5.82 Å². The molecule has 0 spiro atoms. The Morgan fingerprint density at radius 3 is 2.81 bits per heavy atom. The maximum Gasteiger partial charge on any atom is 0.123 e. The van der Waals surface area contributed by atoms with E-state index < -0.39 is 0 Å². The molecule has 3 nitrogen and oxygen atoms in total. The van der Waals surface area contributed by atoms with E-state index >= 15 is 0 Å². The lowest BCUT2D eigenvalue weighted by Gasteiger charge is -2.38. The third kappa shape index (κ3) is 3.74. The van der Waals surface area contributed by atoms with Gasteiger partial charge in [-0.1, -0.05) is 0 Å². The zero-order valence-electron chi connectivity index (χ0n) is 13.1. The second kappa shape index (κ2) is 6.32. The molecule has 1 aliphatic carbocycles. The molecule has 1 saturated heterocycles. The van der Waals surface area contributed by atoms with Crippen LogP contribution in [-0.2, 0) is 6.54 Å². The van der Waals surface area contributed by atoms with E-state index in [0.717, 1.165) is 25.2 Å². The Morgan fingerprint density at radius 1 is 1.29 bits per heavy atom. The van der Waals surface area contributed by atoms with Crippen LogP contribution < -0.4 is 10.2 Å². The summed E-state index contributed by atoms with van der Waals surface area (Å²) in [7, 11) is 4.29. The normalized spacial score (nSPS) is 22.9. The Balaban J connectivity index is 1.75. The Bertz CT molecular complexity index is 485. The number of benzene rings is 1. The third-order valence-electron chi connectivity index (χ3n) is 4.67. The van der Waals surface area contributed by atoms with Crippen molar-refractivity contribution < 1.29 is 4.39 Å². The summed E-state index contributed by atoms with van der Waals surface area (Å²) in [5.74, 6) is -0.132. The number of hydrogen-bond acceptors (Lipinski definition) is 3. The highest BCUT2D eigenvalue weighted by atomic mass is 19.1. The van der Waals surface area contributed by atoms with Crippen molar-refractivity contribution in [2.45, 2.75) is 44.3 Å². The monoisotopic (exact) mass is 291 g/mol. The predicted octanol–water partition coefficient (Wildman–Crippen LogP) is 2.61. The standard InChI is InChI=1S/C17H26FN3/c1-20(2)16-4-3-9-21(12-16)17-8-5-14(18)10-13(17)11-19-15-6-7-15/h5,8,10,15-16,19H,3-4,6-7,9,11-12H2,1-2H3. The first-order valence-corrected chi connectivity index (χ1v) is 8.06. The quantitative estimate of drug-likeness (QED) is 0.899. The van der Waals surface area contributed by atoms with Crippen molar-refractivity contribution in [3.8, 4) is 0 Å². The molecule has 2 aliphatic rings. The average Bonchev–Trinajstić information content (AvgIpc) is 3.29. The van der Waals surface area contributed by atoms with Crippen LogP contribution in [0.1, 0.15) is 31.2 Å². The van der Waals surface area contributed by atoms with Crippen molar-refractivity contribution in [3.63, 3.8) is 0 Å². The van der Waals surface area contributed by atoms with E-state index in [9.17, 15) is 4.39 Å². The largest absolute Gasteiger partial charge is 0.370 e. The van der Waals surface area contributed by atoms with Crippen LogP contribution in [0.15, 0.2) is 18.2 Å². The van der Waals surface area contributed by atoms with Crippen LogP contribution >= 0.6 is 0 Å². The lowest BCUT2D eigenvalue weighted by Crippen LogP contribution is -2.45. The summed E-state index contributed by atoms with van der Waals surface area (Å²) < 4.78 is 13.6. The van der Waals surface area contributed by atoms with Gasteiger partial charge in [-0.15, -0.1) is 0 Å². The van der Waals surface area contributed by atoms with Crippen LogP contribution in [-0.4, -0.2) is 44.2 Å². The second-order valence-corrected chi connectivity index (χ2v) is 6.63. The van der Waals surface area contributed by atoms with Gasteiger partial charge in [-0.2, -0.15) is 0 Å². The number of halogens is 1. The smallest absolute Gasteiger partial charge is 0.123 e. The van der Waals surface area contributed by atoms with Crippen LogP contribution in [0.5, 0.6) is 0 Å². The van der Waals surface area contributed by atoms with E-state index in [1.807, 2.05) is 6.07 Å². The molecular weight excluding hydrogens is 265 g/mol. The highest BCUT2D eigenvalue weighted by Crippen LogP contribution is 2.27. The molecule has 0 amide bonds. The van der Waals surface area contributed by atoms with E-state index in [0.29, 0.717) is 12.1 Å². The van der Waals surface area contributed by atoms with Crippen molar-refractivity contribution in [1.29, 1.82) is 0 Å². The van der Waals surface area contributed by atoms with E-state index in [1.165, 1.54) is 31.4 Å². The molecule has 1 heterocycles. The molecule has 0 radical (unpaired) electrons. The summed E-state index contributed by atoms with van der Waals surface area (Å²) in [6.45, 7) is 2.89. The van der Waals surface area contributed by atoms with Gasteiger partial charge >= 0.3 is 0 Å². The van der Waals surface area contributed by atoms with Gasteiger partial charge in [0.2, 0.25) is 0 Å². The van der Waals surface area contributed by atoms with Gasteiger partial charge < -0.3 is 15.1 Å². The molecule has 1 aliphatic heterocycles. The van der Waals surface area contributed by atoms with E-state index in [-0.39, 0.29) is 5.82 Å². The zero-order valence-corrected chi connectivity index (χ0v) is 13.1. The molecule has 116 valence electrons. The van der Waals surface area contributed by atoms with Gasteiger partial charge in [-0.3, -0.25) is 0 Å². The zero-order chi connectivity index (χ0) is 14.8. The maximum absolute atomic E-state index is 13.6. The van der Waals surface area contributed by atoms with Gasteiger partial charge in [0.1, 0.15) is 5.82 Å². The minimum absolute atomic E-state index is 0.132. The summed E-state index contributed by atoms with van der Waals surface area (Å²) >= 11 is 0. The number of likely N-dealkylation sites (N-methyl/N-ethyl adjacent to an activating group) is 1. The fraction of sp³-hybridized carbons (Fsp3) is 0.647. The van der Waals surface area contributed by atoms with Crippen LogP contribution in [0.2, 0.25) is 0 Å². The van der Waals surface area contributed by atoms with Crippen LogP contribution in [0.25, 0.3) is 0 Å². The summed E-state index contributed by atoms with van der Waals surface area (Å²) in [6, 6.07) is 6.49. The van der Waals surface area contributed by atoms with Gasteiger partial charge in [-0.05, 0) is 63.5 Å². The molecule has 2 fully saturated rings. The fourth-order valence-corrected chi connectivity index (χ4v) is 3.14. The summed E-state index contributed by atoms with van der Waals surface area (Å²) in [4.78, 5) is 4.73. The Labute approximate surface area is 127 Å². The van der Waals surface area contributed by atoms with Gasteiger partial charge in [0.05, 0.1) is 0 Å². The van der Waals surface area contributed by atoms with Crippen LogP contribution in [0.3, 0.4) is 0 Å². The van der Waals surface area contributed by atoms with E-state index in [2.05, 4.69) is 29.2 Å². The molecule has 21 heavy (non-hydrogen) atoms. The molecule has 1 unspecified atom stereocenters. The van der Waals surface area contributed by atoms with Crippen molar-refractivity contribution in [2.24, 2.45) is 0 Å². The summed E-state index contributed by atoms with van der Waals surface area (Å²) in [5, 5.41) is 3.51. The van der Waals surface area contributed by atoms with Crippen LogP contribution in [0.4, 0.5) is 10.1 Å². The van der Waals surface area contributed by atoms with Crippen molar-refractivity contribution in [2.75, 3.05) is 32.1 Å². The molecule has 1 aromatic rings. The van der Waals surface area contributed by atoms with Gasteiger partial charge in [0.15, 0.2) is 0 Å². The van der Waals surface area contributed by atoms with Gasteiger partial charge in [-0.25, -0.2) is 4.39 Å². The molecule has 1 saturated carbocycles. The number of nitrogens with one attached hydrogen (secondary N) is 1. The third-order valence-corrected chi connectivity index (χ3v) is 4.67. The minimum Gasteiger partial charge on any atom is -0.370 e. The topological polar surface area (TPSA) is 18.5 Å². The van der Waals surface area contributed by atoms with Crippen molar-refractivity contribution in [1.82, 2.24) is 10.2 Å². The maximum atomic E-state index is 13.6. The SMILES string of the molecule is CN(C)C1CCCN(c2ccc(F)cc2CNC2CC2)C1. The molecular formula is C17H26FN3. The van der Waals surface area contributed by atoms with Gasteiger partial charge in [0, 0.05) is 37.4 Å². The van der Waals surface area contributed by atoms with Crippen molar-refractivity contribution in [3.05, 3.63) is 29.6 Å². The fourth-order valence-electron chi connectivity index (χ4n) is 3.14. The number of rotatable bonds is 5. The van der Waals surface area contributed by atoms with E-state index in [1.54, 1.807) is 12.1 Å². The molecule has 3 rings (SSSR count). The minimum atomic E-state index is -0.132. The first kappa shape index (κ1) is 14.8. The number of anilines is 1. The first-order chi connectivity index (χ1) is 10.1. The molecule has 0 bridgehead atoms. The highest BCUT2D eigenvalue weighted by Gasteiger charge is 2.24. The van der Waals surface area contributed by atoms with E-state index in [4.69, 9.17) is 0 Å². The van der Waals surface area contributed by atoms with Gasteiger partial charge in [0.25, 0.3) is 0 Å². The Kier molecular flexibility index (Phi) is 4.45. The summed E-state index contributed by atoms with van der Waals surface area (Å²) in [6.07, 6.45) is 4.98. The lowest BCUT2D eigenvalue weighted by atomic mass is 10.0. The molecule has 1 N–H and O–H groups in total. The second-order valence-electron chi connectivity index (χ2n) is 6.63. The molecule has 0 aromatic heterocycles. The Morgan fingerprint density at radius 2 is 2.10 bits per heavy atom. The molecule has 4 heteroatoms. The number of hydrogen-bond donors (Lipinski definition) is 1. The first-order valence-electron chi connectivity index (χ1n) is 8.06. The molecule has 1 aromatic carbocycles. The number of nitrogens with zero attached hydrogens (tertiary/aromatic N) is 2. The summed E-state index contributed by atoms with van der Waals surface area (Å²) in [5.41, 5.74) is 2.30. The predicted molar refractivity (Wildman–Crippen MR) is 85.2 cm³/mol. The lowest BCUT2D eigenvalue weighted by molar-refractivity contribution is 0.258. The Hall–Kier alpha value is -1.13.